The van der Waals surface area contributed by atoms with Gasteiger partial charge in [-0.3, -0.25) is 9.36 Å². The zero-order valence-corrected chi connectivity index (χ0v) is 17.4. The smallest absolute Gasteiger partial charge is 0.283 e. The number of aromatic nitrogens is 3. The summed E-state index contributed by atoms with van der Waals surface area (Å²) in [6.07, 6.45) is 0. The molecule has 154 valence electrons. The normalized spacial score (nSPS) is 11.3. The van der Waals surface area contributed by atoms with Gasteiger partial charge in [-0.1, -0.05) is 54.2 Å². The van der Waals surface area contributed by atoms with E-state index in [1.165, 1.54) is 17.8 Å². The summed E-state index contributed by atoms with van der Waals surface area (Å²) in [5.74, 6) is 0.696. The molecule has 0 fully saturated rings. The Morgan fingerprint density at radius 3 is 2.71 bits per heavy atom. The van der Waals surface area contributed by atoms with Crippen LogP contribution in [0.4, 0.5) is 4.39 Å². The lowest BCUT2D eigenvalue weighted by atomic mass is 10.2. The molecule has 2 heterocycles. The number of ether oxygens (including phenoxy) is 1. The molecule has 2 aromatic heterocycles. The first-order chi connectivity index (χ1) is 15.2. The molecule has 5 aromatic rings. The number of H-pyrrole nitrogens is 1. The van der Waals surface area contributed by atoms with E-state index >= 15 is 0 Å². The molecule has 0 amide bonds. The van der Waals surface area contributed by atoms with Gasteiger partial charge in [0, 0.05) is 22.7 Å². The highest BCUT2D eigenvalue weighted by Gasteiger charge is 2.18. The summed E-state index contributed by atoms with van der Waals surface area (Å²) < 4.78 is 21.1. The number of methoxy groups -OCH3 is 1. The number of fused-ring (bicyclic) bond motifs is 3. The summed E-state index contributed by atoms with van der Waals surface area (Å²) in [7, 11) is 1.58. The van der Waals surface area contributed by atoms with E-state index in [0.717, 1.165) is 10.9 Å². The predicted molar refractivity (Wildman–Crippen MR) is 122 cm³/mol. The summed E-state index contributed by atoms with van der Waals surface area (Å²) in [5, 5.41) is 1.36. The molecule has 0 bridgehead atoms. The fourth-order valence-electron chi connectivity index (χ4n) is 3.57. The Morgan fingerprint density at radius 2 is 1.87 bits per heavy atom. The van der Waals surface area contributed by atoms with Crippen LogP contribution >= 0.6 is 11.8 Å². The maximum absolute atomic E-state index is 14.2. The first-order valence-electron chi connectivity index (χ1n) is 9.70. The topological polar surface area (TPSA) is 59.9 Å². The molecule has 1 N–H and O–H groups in total. The summed E-state index contributed by atoms with van der Waals surface area (Å²) in [4.78, 5) is 21.6. The molecule has 5 nitrogen and oxygen atoms in total. The van der Waals surface area contributed by atoms with Gasteiger partial charge in [0.1, 0.15) is 22.6 Å². The Balaban J connectivity index is 1.73. The second kappa shape index (κ2) is 7.92. The molecule has 31 heavy (non-hydrogen) atoms. The van der Waals surface area contributed by atoms with Gasteiger partial charge in [0.2, 0.25) is 0 Å². The molecule has 0 aliphatic heterocycles. The first-order valence-corrected chi connectivity index (χ1v) is 10.7. The van der Waals surface area contributed by atoms with Crippen molar-refractivity contribution in [1.29, 1.82) is 0 Å². The number of nitrogens with zero attached hydrogens (tertiary/aromatic N) is 2. The molecule has 0 saturated heterocycles. The van der Waals surface area contributed by atoms with Gasteiger partial charge in [0.25, 0.3) is 5.56 Å². The van der Waals surface area contributed by atoms with Gasteiger partial charge in [-0.25, -0.2) is 9.37 Å². The summed E-state index contributed by atoms with van der Waals surface area (Å²) in [6.45, 7) is 0. The molecular weight excluding hydrogens is 413 g/mol. The second-order valence-electron chi connectivity index (χ2n) is 7.01. The second-order valence-corrected chi connectivity index (χ2v) is 7.95. The van der Waals surface area contributed by atoms with Crippen LogP contribution in [0.25, 0.3) is 27.6 Å². The number of aromatic amines is 1. The van der Waals surface area contributed by atoms with E-state index in [0.29, 0.717) is 38.9 Å². The van der Waals surface area contributed by atoms with Crippen molar-refractivity contribution >= 4 is 33.7 Å². The highest BCUT2D eigenvalue weighted by molar-refractivity contribution is 7.98. The monoisotopic (exact) mass is 431 g/mol. The minimum atomic E-state index is -0.279. The van der Waals surface area contributed by atoms with E-state index in [9.17, 15) is 9.18 Å². The van der Waals surface area contributed by atoms with Crippen LogP contribution in [0, 0.1) is 5.82 Å². The van der Waals surface area contributed by atoms with Crippen LogP contribution in [0.15, 0.2) is 82.7 Å². The molecule has 5 rings (SSSR count). The Bertz CT molecular complexity index is 1480. The van der Waals surface area contributed by atoms with Crippen molar-refractivity contribution in [3.8, 4) is 11.4 Å². The van der Waals surface area contributed by atoms with Crippen LogP contribution < -0.4 is 10.3 Å². The van der Waals surface area contributed by atoms with E-state index < -0.39 is 0 Å². The predicted octanol–water partition coefficient (Wildman–Crippen LogP) is 5.31. The minimum absolute atomic E-state index is 0.217. The van der Waals surface area contributed by atoms with Gasteiger partial charge < -0.3 is 9.72 Å². The maximum atomic E-state index is 14.2. The maximum Gasteiger partial charge on any atom is 0.283 e. The lowest BCUT2D eigenvalue weighted by Crippen LogP contribution is -2.21. The molecule has 0 unspecified atom stereocenters. The molecular formula is C24H18FN3O2S. The van der Waals surface area contributed by atoms with Gasteiger partial charge in [-0.2, -0.15) is 0 Å². The number of halogens is 1. The number of hydrogen-bond acceptors (Lipinski definition) is 4. The summed E-state index contributed by atoms with van der Waals surface area (Å²) in [6, 6.07) is 21.5. The third kappa shape index (κ3) is 3.47. The summed E-state index contributed by atoms with van der Waals surface area (Å²) in [5.41, 5.74) is 2.85. The molecule has 0 saturated carbocycles. The molecule has 7 heteroatoms. The van der Waals surface area contributed by atoms with Crippen molar-refractivity contribution < 1.29 is 9.13 Å². The third-order valence-electron chi connectivity index (χ3n) is 5.12. The number of thioether (sulfide) groups is 1. The van der Waals surface area contributed by atoms with Crippen molar-refractivity contribution in [1.82, 2.24) is 14.5 Å². The highest BCUT2D eigenvalue weighted by Crippen LogP contribution is 2.29. The van der Waals surface area contributed by atoms with E-state index in [2.05, 4.69) is 4.98 Å². The van der Waals surface area contributed by atoms with Crippen molar-refractivity contribution in [2.24, 2.45) is 0 Å². The fourth-order valence-corrected chi connectivity index (χ4v) is 4.57. The largest absolute Gasteiger partial charge is 0.497 e. The summed E-state index contributed by atoms with van der Waals surface area (Å²) >= 11 is 1.32. The van der Waals surface area contributed by atoms with Crippen molar-refractivity contribution in [3.05, 3.63) is 94.5 Å². The van der Waals surface area contributed by atoms with Gasteiger partial charge in [-0.05, 0) is 29.8 Å². The van der Waals surface area contributed by atoms with Gasteiger partial charge in [-0.15, -0.1) is 0 Å². The van der Waals surface area contributed by atoms with Crippen molar-refractivity contribution in [2.75, 3.05) is 7.11 Å². The SMILES string of the molecule is COc1cccc(-n2c(SCc3ccccc3F)nc3c([nH]c4ccccc43)c2=O)c1. The van der Waals surface area contributed by atoms with E-state index in [1.807, 2.05) is 42.5 Å². The standard InChI is InChI=1S/C24H18FN3O2S/c1-30-17-9-6-8-16(13-17)28-23(29)22-21(18-10-3-5-12-20(18)26-22)27-24(28)31-14-15-7-2-4-11-19(15)25/h2-13,26H,14H2,1H3. The van der Waals surface area contributed by atoms with Gasteiger partial charge in [0.05, 0.1) is 12.8 Å². The van der Waals surface area contributed by atoms with E-state index in [1.54, 1.807) is 35.9 Å². The van der Waals surface area contributed by atoms with E-state index in [-0.39, 0.29) is 11.4 Å². The highest BCUT2D eigenvalue weighted by atomic mass is 32.2. The average Bonchev–Trinajstić information content (AvgIpc) is 3.18. The number of nitrogens with one attached hydrogen (secondary N) is 1. The van der Waals surface area contributed by atoms with Crippen LogP contribution in [0.3, 0.4) is 0 Å². The molecule has 0 aliphatic carbocycles. The molecule has 0 spiro atoms. The number of para-hydroxylation sites is 1. The van der Waals surface area contributed by atoms with Crippen LogP contribution in [0.1, 0.15) is 5.56 Å². The third-order valence-corrected chi connectivity index (χ3v) is 6.11. The lowest BCUT2D eigenvalue weighted by molar-refractivity contribution is 0.414. The average molecular weight is 431 g/mol. The van der Waals surface area contributed by atoms with Gasteiger partial charge in [0.15, 0.2) is 5.16 Å². The van der Waals surface area contributed by atoms with E-state index in [4.69, 9.17) is 9.72 Å². The van der Waals surface area contributed by atoms with Crippen LogP contribution in [0.5, 0.6) is 5.75 Å². The lowest BCUT2D eigenvalue weighted by Gasteiger charge is -2.13. The fraction of sp³-hybridized carbons (Fsp3) is 0.0833. The minimum Gasteiger partial charge on any atom is -0.497 e. The molecule has 0 aliphatic rings. The Kier molecular flexibility index (Phi) is 4.95. The number of rotatable bonds is 5. The zero-order chi connectivity index (χ0) is 21.4. The molecule has 0 radical (unpaired) electrons. The quantitative estimate of drug-likeness (QED) is 0.303. The molecule has 0 atom stereocenters. The van der Waals surface area contributed by atoms with Crippen molar-refractivity contribution in [3.63, 3.8) is 0 Å². The number of benzene rings is 3. The van der Waals surface area contributed by atoms with Crippen LogP contribution in [-0.4, -0.2) is 21.6 Å². The Morgan fingerprint density at radius 1 is 1.06 bits per heavy atom. The number of hydrogen-bond donors (Lipinski definition) is 1. The van der Waals surface area contributed by atoms with Gasteiger partial charge >= 0.3 is 0 Å². The molecule has 3 aromatic carbocycles. The zero-order valence-electron chi connectivity index (χ0n) is 16.6. The van der Waals surface area contributed by atoms with Crippen LogP contribution in [-0.2, 0) is 5.75 Å². The van der Waals surface area contributed by atoms with Crippen LogP contribution in [0.2, 0.25) is 0 Å². The van der Waals surface area contributed by atoms with Crippen molar-refractivity contribution in [2.45, 2.75) is 10.9 Å². The Labute approximate surface area is 181 Å². The Hall–Kier alpha value is -3.58. The first kappa shape index (κ1) is 19.4.